The summed E-state index contributed by atoms with van der Waals surface area (Å²) >= 11 is 1.50. The summed E-state index contributed by atoms with van der Waals surface area (Å²) in [7, 11) is 0. The predicted molar refractivity (Wildman–Crippen MR) is 63.9 cm³/mol. The van der Waals surface area contributed by atoms with Gasteiger partial charge < -0.3 is 5.11 Å². The van der Waals surface area contributed by atoms with Gasteiger partial charge in [0.2, 0.25) is 0 Å². The molecule has 0 atom stereocenters. The van der Waals surface area contributed by atoms with Gasteiger partial charge in [-0.3, -0.25) is 4.79 Å². The molecule has 0 aliphatic heterocycles. The third kappa shape index (κ3) is 3.10. The van der Waals surface area contributed by atoms with Crippen LogP contribution in [-0.2, 0) is 17.8 Å². The molecule has 5 heteroatoms. The summed E-state index contributed by atoms with van der Waals surface area (Å²) in [5.74, 6) is -0.842. The van der Waals surface area contributed by atoms with Crippen molar-refractivity contribution in [3.05, 3.63) is 46.2 Å². The molecule has 2 aromatic heterocycles. The van der Waals surface area contributed by atoms with Gasteiger partial charge >= 0.3 is 5.97 Å². The Kier molecular flexibility index (Phi) is 3.49. The van der Waals surface area contributed by atoms with Crippen LogP contribution in [0.2, 0.25) is 0 Å². The standard InChI is InChI=1S/C12H12N2O2S/c1-9-4-2-3-5-14(9)7-11-13-10(8-17-11)6-12(15)16/h2-5,8H,6-7H2,1H3/p+1. The van der Waals surface area contributed by atoms with Crippen molar-refractivity contribution in [2.24, 2.45) is 0 Å². The lowest BCUT2D eigenvalue weighted by molar-refractivity contribution is -0.694. The van der Waals surface area contributed by atoms with Crippen LogP contribution in [0.3, 0.4) is 0 Å². The van der Waals surface area contributed by atoms with E-state index in [1.54, 1.807) is 0 Å². The summed E-state index contributed by atoms with van der Waals surface area (Å²) in [6.45, 7) is 2.72. The number of aliphatic carboxylic acids is 1. The Hall–Kier alpha value is -1.75. The number of nitrogens with zero attached hydrogens (tertiary/aromatic N) is 2. The second-order valence-corrected chi connectivity index (χ2v) is 4.72. The van der Waals surface area contributed by atoms with E-state index in [-0.39, 0.29) is 6.42 Å². The highest BCUT2D eigenvalue weighted by molar-refractivity contribution is 7.09. The number of aryl methyl sites for hydroxylation is 1. The molecule has 2 aromatic rings. The predicted octanol–water partition coefficient (Wildman–Crippen LogP) is 1.41. The number of hydrogen-bond donors (Lipinski definition) is 1. The monoisotopic (exact) mass is 249 g/mol. The van der Waals surface area contributed by atoms with Crippen molar-refractivity contribution in [2.75, 3.05) is 0 Å². The molecule has 0 saturated carbocycles. The van der Waals surface area contributed by atoms with E-state index in [2.05, 4.69) is 9.55 Å². The molecule has 0 bridgehead atoms. The molecule has 0 unspecified atom stereocenters. The van der Waals surface area contributed by atoms with Crippen LogP contribution in [0, 0.1) is 6.92 Å². The molecule has 0 fully saturated rings. The lowest BCUT2D eigenvalue weighted by atomic mass is 10.3. The number of pyridine rings is 1. The molecule has 1 N–H and O–H groups in total. The first kappa shape index (κ1) is 11.7. The molecular formula is C12H13N2O2S+. The summed E-state index contributed by atoms with van der Waals surface area (Å²) in [5, 5.41) is 11.4. The molecular weight excluding hydrogens is 236 g/mol. The zero-order valence-corrected chi connectivity index (χ0v) is 10.3. The van der Waals surface area contributed by atoms with Crippen LogP contribution >= 0.6 is 11.3 Å². The second-order valence-electron chi connectivity index (χ2n) is 3.77. The lowest BCUT2D eigenvalue weighted by Crippen LogP contribution is -2.36. The summed E-state index contributed by atoms with van der Waals surface area (Å²) in [6, 6.07) is 5.99. The van der Waals surface area contributed by atoms with Crippen LogP contribution in [0.4, 0.5) is 0 Å². The van der Waals surface area contributed by atoms with E-state index in [0.29, 0.717) is 12.2 Å². The summed E-state index contributed by atoms with van der Waals surface area (Å²) < 4.78 is 2.09. The van der Waals surface area contributed by atoms with E-state index in [1.807, 2.05) is 36.7 Å². The maximum atomic E-state index is 10.5. The summed E-state index contributed by atoms with van der Waals surface area (Å²) in [6.07, 6.45) is 1.99. The molecule has 0 saturated heterocycles. The average molecular weight is 249 g/mol. The molecule has 0 amide bonds. The Labute approximate surface area is 103 Å². The maximum absolute atomic E-state index is 10.5. The highest BCUT2D eigenvalue weighted by Crippen LogP contribution is 2.10. The van der Waals surface area contributed by atoms with E-state index in [9.17, 15) is 4.79 Å². The molecule has 2 heterocycles. The van der Waals surface area contributed by atoms with E-state index in [0.717, 1.165) is 10.7 Å². The molecule has 17 heavy (non-hydrogen) atoms. The zero-order chi connectivity index (χ0) is 12.3. The fraction of sp³-hybridized carbons (Fsp3) is 0.250. The number of aromatic nitrogens is 2. The van der Waals surface area contributed by atoms with E-state index < -0.39 is 5.97 Å². The summed E-state index contributed by atoms with van der Waals surface area (Å²) in [4.78, 5) is 14.9. The van der Waals surface area contributed by atoms with Crippen molar-refractivity contribution >= 4 is 17.3 Å². The van der Waals surface area contributed by atoms with Gasteiger partial charge in [0.25, 0.3) is 0 Å². The minimum atomic E-state index is -0.842. The molecule has 0 spiro atoms. The molecule has 0 aliphatic rings. The van der Waals surface area contributed by atoms with Crippen molar-refractivity contribution in [2.45, 2.75) is 19.9 Å². The quantitative estimate of drug-likeness (QED) is 0.834. The third-order valence-electron chi connectivity index (χ3n) is 2.40. The Balaban J connectivity index is 2.12. The van der Waals surface area contributed by atoms with E-state index in [4.69, 9.17) is 5.11 Å². The van der Waals surface area contributed by atoms with Gasteiger partial charge in [0.1, 0.15) is 0 Å². The van der Waals surface area contributed by atoms with Crippen LogP contribution in [0.1, 0.15) is 16.4 Å². The van der Waals surface area contributed by atoms with Crippen LogP contribution in [0.5, 0.6) is 0 Å². The van der Waals surface area contributed by atoms with Gasteiger partial charge in [-0.15, -0.1) is 11.3 Å². The van der Waals surface area contributed by atoms with Crippen molar-refractivity contribution in [1.29, 1.82) is 0 Å². The highest BCUT2D eigenvalue weighted by atomic mass is 32.1. The van der Waals surface area contributed by atoms with Gasteiger partial charge in [-0.25, -0.2) is 4.98 Å². The lowest BCUT2D eigenvalue weighted by Gasteiger charge is -1.96. The van der Waals surface area contributed by atoms with Crippen LogP contribution < -0.4 is 4.57 Å². The smallest absolute Gasteiger partial charge is 0.309 e. The normalized spacial score (nSPS) is 10.4. The Bertz CT molecular complexity index is 537. The Morgan fingerprint density at radius 1 is 1.53 bits per heavy atom. The fourth-order valence-corrected chi connectivity index (χ4v) is 2.33. The van der Waals surface area contributed by atoms with Crippen LogP contribution in [-0.4, -0.2) is 16.1 Å². The first-order valence-corrected chi connectivity index (χ1v) is 6.13. The first-order chi connectivity index (χ1) is 8.15. The highest BCUT2D eigenvalue weighted by Gasteiger charge is 2.11. The zero-order valence-electron chi connectivity index (χ0n) is 9.46. The van der Waals surface area contributed by atoms with Gasteiger partial charge in [0.15, 0.2) is 23.4 Å². The topological polar surface area (TPSA) is 54.1 Å². The average Bonchev–Trinajstić information content (AvgIpc) is 2.68. The van der Waals surface area contributed by atoms with Crippen LogP contribution in [0.15, 0.2) is 29.8 Å². The van der Waals surface area contributed by atoms with Gasteiger partial charge in [0, 0.05) is 24.4 Å². The number of carboxylic acids is 1. The SMILES string of the molecule is Cc1cccc[n+]1Cc1nc(CC(=O)O)cs1. The largest absolute Gasteiger partial charge is 0.481 e. The molecule has 0 aliphatic carbocycles. The molecule has 4 nitrogen and oxygen atoms in total. The molecule has 88 valence electrons. The van der Waals surface area contributed by atoms with Gasteiger partial charge in [-0.05, 0) is 0 Å². The van der Waals surface area contributed by atoms with Crippen molar-refractivity contribution in [3.8, 4) is 0 Å². The fourth-order valence-electron chi connectivity index (χ4n) is 1.54. The van der Waals surface area contributed by atoms with E-state index in [1.165, 1.54) is 11.3 Å². The molecule has 0 radical (unpaired) electrons. The molecule has 0 aromatic carbocycles. The minimum absolute atomic E-state index is 0.00502. The van der Waals surface area contributed by atoms with Gasteiger partial charge in [-0.1, -0.05) is 6.07 Å². The van der Waals surface area contributed by atoms with E-state index >= 15 is 0 Å². The Morgan fingerprint density at radius 3 is 3.06 bits per heavy atom. The van der Waals surface area contributed by atoms with Crippen molar-refractivity contribution in [1.82, 2.24) is 4.98 Å². The first-order valence-electron chi connectivity index (χ1n) is 5.25. The number of thiazole rings is 1. The van der Waals surface area contributed by atoms with Gasteiger partial charge in [-0.2, -0.15) is 4.57 Å². The van der Waals surface area contributed by atoms with Crippen LogP contribution in [0.25, 0.3) is 0 Å². The van der Waals surface area contributed by atoms with Crippen molar-refractivity contribution in [3.63, 3.8) is 0 Å². The summed E-state index contributed by atoms with van der Waals surface area (Å²) in [5.41, 5.74) is 1.79. The van der Waals surface area contributed by atoms with Crippen molar-refractivity contribution < 1.29 is 14.5 Å². The number of carboxylic acid groups (broad SMARTS) is 1. The van der Waals surface area contributed by atoms with Gasteiger partial charge in [0.05, 0.1) is 12.1 Å². The minimum Gasteiger partial charge on any atom is -0.481 e. The maximum Gasteiger partial charge on any atom is 0.309 e. The Morgan fingerprint density at radius 2 is 2.35 bits per heavy atom. The number of rotatable bonds is 4. The molecule has 2 rings (SSSR count). The third-order valence-corrected chi connectivity index (χ3v) is 3.29. The number of hydrogen-bond acceptors (Lipinski definition) is 3. The number of carbonyl (C=O) groups is 1. The second kappa shape index (κ2) is 5.05.